The van der Waals surface area contributed by atoms with Crippen LogP contribution in [0.3, 0.4) is 0 Å². The number of halogens is 2. The second-order valence-corrected chi connectivity index (χ2v) is 11.8. The number of methoxy groups -OCH3 is 2. The van der Waals surface area contributed by atoms with Crippen molar-refractivity contribution < 1.29 is 27.8 Å². The molecule has 0 radical (unpaired) electrons. The van der Waals surface area contributed by atoms with Crippen LogP contribution in [0, 0.1) is 17.0 Å². The topological polar surface area (TPSA) is 68.6 Å². The summed E-state index contributed by atoms with van der Waals surface area (Å²) in [4.78, 5) is 9.06. The lowest BCUT2D eigenvalue weighted by Crippen LogP contribution is -2.02. The van der Waals surface area contributed by atoms with Crippen LogP contribution in [0.5, 0.6) is 11.5 Å². The molecule has 7 heteroatoms. The van der Waals surface area contributed by atoms with Crippen molar-refractivity contribution in [3.63, 3.8) is 0 Å². The Morgan fingerprint density at radius 3 is 2.10 bits per heavy atom. The Balaban J connectivity index is 0.000000263. The van der Waals surface area contributed by atoms with Gasteiger partial charge in [0.25, 0.3) is 0 Å². The molecular weight excluding hydrogens is 632 g/mol. The lowest BCUT2D eigenvalue weighted by molar-refractivity contribution is -0.104. The number of allylic oxidation sites excluding steroid dienone is 3. The molecule has 1 aliphatic carbocycles. The summed E-state index contributed by atoms with van der Waals surface area (Å²) in [5, 5.41) is 7.69. The van der Waals surface area contributed by atoms with Gasteiger partial charge in [0.2, 0.25) is 0 Å². The van der Waals surface area contributed by atoms with Crippen LogP contribution in [-0.2, 0) is 22.4 Å². The highest BCUT2D eigenvalue weighted by molar-refractivity contribution is 5.83. The SMILES string of the molecule is C=CC=O.CCCc1ccc(-c2ccc(OC)c(F)c2)cc1.COCCCOc1ccc(-c2ccc(CCC=C3CCC3)c(C=N)c2F)cc1. The van der Waals surface area contributed by atoms with Crippen molar-refractivity contribution in [3.8, 4) is 33.8 Å². The number of rotatable bonds is 15. The van der Waals surface area contributed by atoms with Crippen LogP contribution in [0.25, 0.3) is 22.3 Å². The molecule has 0 saturated heterocycles. The van der Waals surface area contributed by atoms with E-state index in [1.807, 2.05) is 54.6 Å². The predicted octanol–water partition coefficient (Wildman–Crippen LogP) is 10.8. The van der Waals surface area contributed by atoms with Gasteiger partial charge in [0.05, 0.1) is 13.7 Å². The largest absolute Gasteiger partial charge is 0.494 e. The Bertz CT molecular complexity index is 1670. The van der Waals surface area contributed by atoms with Gasteiger partial charge in [0, 0.05) is 37.5 Å². The summed E-state index contributed by atoms with van der Waals surface area (Å²) in [7, 11) is 3.14. The minimum atomic E-state index is -0.326. The first-order chi connectivity index (χ1) is 24.4. The monoisotopic (exact) mass is 681 g/mol. The van der Waals surface area contributed by atoms with Crippen LogP contribution in [0.2, 0.25) is 0 Å². The number of ether oxygens (including phenoxy) is 3. The van der Waals surface area contributed by atoms with E-state index >= 15 is 4.39 Å². The lowest BCUT2D eigenvalue weighted by atomic mass is 9.90. The van der Waals surface area contributed by atoms with Gasteiger partial charge in [0.15, 0.2) is 11.6 Å². The average Bonchev–Trinajstić information content (AvgIpc) is 3.12. The van der Waals surface area contributed by atoms with Gasteiger partial charge in [-0.25, -0.2) is 8.78 Å². The smallest absolute Gasteiger partial charge is 0.165 e. The highest BCUT2D eigenvalue weighted by Gasteiger charge is 2.14. The van der Waals surface area contributed by atoms with Crippen molar-refractivity contribution in [3.05, 3.63) is 131 Å². The van der Waals surface area contributed by atoms with Crippen LogP contribution >= 0.6 is 0 Å². The number of aryl methyl sites for hydroxylation is 2. The molecule has 0 aliphatic heterocycles. The first kappa shape index (κ1) is 39.6. The van der Waals surface area contributed by atoms with Crippen molar-refractivity contribution in [1.29, 1.82) is 5.41 Å². The molecule has 0 bridgehead atoms. The normalized spacial score (nSPS) is 11.5. The van der Waals surface area contributed by atoms with Crippen molar-refractivity contribution >= 4 is 12.5 Å². The van der Waals surface area contributed by atoms with E-state index in [1.54, 1.807) is 13.2 Å². The maximum Gasteiger partial charge on any atom is 0.165 e. The predicted molar refractivity (Wildman–Crippen MR) is 201 cm³/mol. The molecule has 1 N–H and O–H groups in total. The molecule has 5 nitrogen and oxygen atoms in total. The Labute approximate surface area is 296 Å². The van der Waals surface area contributed by atoms with E-state index in [9.17, 15) is 4.39 Å². The molecule has 4 aromatic carbocycles. The third-order valence-electron chi connectivity index (χ3n) is 8.26. The number of aldehydes is 1. The fourth-order valence-corrected chi connectivity index (χ4v) is 5.37. The molecule has 264 valence electrons. The lowest BCUT2D eigenvalue weighted by Gasteiger charge is -2.16. The zero-order chi connectivity index (χ0) is 36.1. The van der Waals surface area contributed by atoms with Gasteiger partial charge in [-0.2, -0.15) is 0 Å². The van der Waals surface area contributed by atoms with Crippen molar-refractivity contribution in [2.75, 3.05) is 27.4 Å². The van der Waals surface area contributed by atoms with Crippen LogP contribution in [-0.4, -0.2) is 39.9 Å². The van der Waals surface area contributed by atoms with Gasteiger partial charge in [-0.1, -0.05) is 86.2 Å². The maximum absolute atomic E-state index is 15.1. The zero-order valence-electron chi connectivity index (χ0n) is 29.5. The Morgan fingerprint density at radius 1 is 0.860 bits per heavy atom. The molecule has 50 heavy (non-hydrogen) atoms. The van der Waals surface area contributed by atoms with Gasteiger partial charge in [0.1, 0.15) is 17.9 Å². The number of carbonyl (C=O) groups is 1. The highest BCUT2D eigenvalue weighted by atomic mass is 19.1. The fourth-order valence-electron chi connectivity index (χ4n) is 5.37. The van der Waals surface area contributed by atoms with E-state index in [-0.39, 0.29) is 17.4 Å². The minimum Gasteiger partial charge on any atom is -0.494 e. The molecule has 0 aromatic heterocycles. The number of nitrogens with one attached hydrogen (secondary N) is 1. The standard InChI is InChI=1S/C24H28FNO2.C16H17FO.C3H4O/c1-27-15-4-16-28-21-12-9-20(10-13-21)22-14-11-19(23(17-26)24(22)25)8-3-7-18-5-2-6-18;1-3-4-12-5-7-13(8-6-12)14-9-10-16(18-2)15(17)11-14;1-2-3-4/h7,9-14,17,26H,2-6,8,15-16H2,1H3;5-11H,3-4H2,1-2H3;2-3H,1H2. The summed E-state index contributed by atoms with van der Waals surface area (Å²) in [6.45, 7) is 6.52. The highest BCUT2D eigenvalue weighted by Crippen LogP contribution is 2.30. The second kappa shape index (κ2) is 22.0. The van der Waals surface area contributed by atoms with Gasteiger partial charge >= 0.3 is 0 Å². The molecule has 4 aromatic rings. The minimum absolute atomic E-state index is 0.279. The molecule has 0 unspecified atom stereocenters. The summed E-state index contributed by atoms with van der Waals surface area (Å²) < 4.78 is 44.2. The number of hydrogen-bond acceptors (Lipinski definition) is 5. The summed E-state index contributed by atoms with van der Waals surface area (Å²) in [6, 6.07) is 24.5. The summed E-state index contributed by atoms with van der Waals surface area (Å²) in [5.41, 5.74) is 7.31. The Morgan fingerprint density at radius 2 is 1.54 bits per heavy atom. The van der Waals surface area contributed by atoms with E-state index < -0.39 is 0 Å². The van der Waals surface area contributed by atoms with Crippen LogP contribution in [0.15, 0.2) is 103 Å². The molecule has 0 atom stereocenters. The maximum atomic E-state index is 15.1. The average molecular weight is 682 g/mol. The van der Waals surface area contributed by atoms with Crippen molar-refractivity contribution in [2.24, 2.45) is 0 Å². The molecular formula is C43H49F2NO4. The van der Waals surface area contributed by atoms with E-state index in [4.69, 9.17) is 24.4 Å². The van der Waals surface area contributed by atoms with Crippen LogP contribution in [0.4, 0.5) is 8.78 Å². The van der Waals surface area contributed by atoms with Gasteiger partial charge < -0.3 is 19.6 Å². The van der Waals surface area contributed by atoms with Gasteiger partial charge in [-0.15, -0.1) is 0 Å². The molecule has 5 rings (SSSR count). The molecule has 0 amide bonds. The van der Waals surface area contributed by atoms with Crippen LogP contribution in [0.1, 0.15) is 62.1 Å². The molecule has 0 heterocycles. The zero-order valence-corrected chi connectivity index (χ0v) is 29.5. The molecule has 1 fully saturated rings. The molecule has 1 aliphatic rings. The van der Waals surface area contributed by atoms with Gasteiger partial charge in [-0.05, 0) is 96.7 Å². The fraction of sp³-hybridized carbons (Fsp3) is 0.302. The summed E-state index contributed by atoms with van der Waals surface area (Å²) >= 11 is 0. The number of hydrogen-bond donors (Lipinski definition) is 1. The summed E-state index contributed by atoms with van der Waals surface area (Å²) in [6.07, 6.45) is 13.7. The van der Waals surface area contributed by atoms with Crippen molar-refractivity contribution in [1.82, 2.24) is 0 Å². The Kier molecular flexibility index (Phi) is 17.4. The first-order valence-corrected chi connectivity index (χ1v) is 17.1. The molecule has 1 saturated carbocycles. The third kappa shape index (κ3) is 12.2. The second-order valence-electron chi connectivity index (χ2n) is 11.8. The number of benzene rings is 4. The van der Waals surface area contributed by atoms with Crippen LogP contribution < -0.4 is 9.47 Å². The van der Waals surface area contributed by atoms with E-state index in [0.29, 0.717) is 30.6 Å². The van der Waals surface area contributed by atoms with E-state index in [1.165, 1.54) is 49.7 Å². The van der Waals surface area contributed by atoms with Gasteiger partial charge in [-0.3, -0.25) is 4.79 Å². The van der Waals surface area contributed by atoms with E-state index in [2.05, 4.69) is 31.7 Å². The Hall–Kier alpha value is -4.88. The quantitative estimate of drug-likeness (QED) is 0.0446. The van der Waals surface area contributed by atoms with Crippen molar-refractivity contribution in [2.45, 2.75) is 58.3 Å². The van der Waals surface area contributed by atoms with E-state index in [0.717, 1.165) is 66.3 Å². The third-order valence-corrected chi connectivity index (χ3v) is 8.26. The molecule has 0 spiro atoms. The summed E-state index contributed by atoms with van der Waals surface area (Å²) in [5.74, 6) is 0.389. The number of carbonyl (C=O) groups excluding carboxylic acids is 1. The first-order valence-electron chi connectivity index (χ1n) is 17.1.